The molecular weight excluding hydrogens is 434 g/mol. The fraction of sp³-hybridized carbons (Fsp3) is 0.130. The minimum absolute atomic E-state index is 0.166. The predicted octanol–water partition coefficient (Wildman–Crippen LogP) is 5.79. The zero-order valence-corrected chi connectivity index (χ0v) is 18.0. The molecule has 6 nitrogen and oxygen atoms in total. The van der Waals surface area contributed by atoms with Crippen LogP contribution < -0.4 is 0 Å². The Morgan fingerprint density at radius 3 is 2.65 bits per heavy atom. The van der Waals surface area contributed by atoms with Crippen LogP contribution in [0.15, 0.2) is 81.5 Å². The van der Waals surface area contributed by atoms with Crippen LogP contribution in [-0.2, 0) is 13.0 Å². The smallest absolute Gasteiger partial charge is 0.289 e. The van der Waals surface area contributed by atoms with Gasteiger partial charge in [0.1, 0.15) is 5.76 Å². The summed E-state index contributed by atoms with van der Waals surface area (Å²) in [4.78, 5) is 20.3. The van der Waals surface area contributed by atoms with Gasteiger partial charge in [0.05, 0.1) is 24.8 Å². The summed E-state index contributed by atoms with van der Waals surface area (Å²) in [5.74, 6) is 0.873. The maximum absolute atomic E-state index is 12.9. The third kappa shape index (κ3) is 4.15. The van der Waals surface area contributed by atoms with E-state index in [0.29, 0.717) is 30.3 Å². The van der Waals surface area contributed by atoms with Gasteiger partial charge in [-0.1, -0.05) is 23.7 Å². The van der Waals surface area contributed by atoms with E-state index < -0.39 is 0 Å². The van der Waals surface area contributed by atoms with Crippen molar-refractivity contribution in [2.45, 2.75) is 13.0 Å². The van der Waals surface area contributed by atoms with E-state index in [1.165, 1.54) is 6.26 Å². The number of benzene rings is 1. The average molecular weight is 452 g/mol. The van der Waals surface area contributed by atoms with Gasteiger partial charge in [0.15, 0.2) is 10.7 Å². The molecule has 0 atom stereocenters. The van der Waals surface area contributed by atoms with Crippen LogP contribution >= 0.6 is 22.9 Å². The van der Waals surface area contributed by atoms with Crippen molar-refractivity contribution in [3.8, 4) is 11.3 Å². The SMILES string of the molecule is O=C(c1ccco1)N(CCc1csc2nc(-c3ccc(Cl)cc3)cn12)Cc1ccco1. The van der Waals surface area contributed by atoms with Crippen molar-refractivity contribution in [1.29, 1.82) is 0 Å². The molecule has 31 heavy (non-hydrogen) atoms. The number of thiazole rings is 1. The molecule has 0 radical (unpaired) electrons. The van der Waals surface area contributed by atoms with Crippen LogP contribution in [0.5, 0.6) is 0 Å². The summed E-state index contributed by atoms with van der Waals surface area (Å²) in [7, 11) is 0. The normalized spacial score (nSPS) is 11.3. The molecule has 1 aromatic carbocycles. The summed E-state index contributed by atoms with van der Waals surface area (Å²) in [6.07, 6.45) is 5.81. The molecule has 0 aliphatic carbocycles. The molecule has 156 valence electrons. The predicted molar refractivity (Wildman–Crippen MR) is 119 cm³/mol. The first-order valence-electron chi connectivity index (χ1n) is 9.74. The van der Waals surface area contributed by atoms with E-state index in [0.717, 1.165) is 27.7 Å². The van der Waals surface area contributed by atoms with Crippen LogP contribution in [0.25, 0.3) is 16.2 Å². The standard InChI is InChI=1S/C23H18ClN3O3S/c24-17-7-5-16(6-8-17)20-14-27-18(15-31-23(27)25-20)9-10-26(13-19-3-1-11-29-19)22(28)21-4-2-12-30-21/h1-8,11-12,14-15H,9-10,13H2. The van der Waals surface area contributed by atoms with Gasteiger partial charge in [0.25, 0.3) is 5.91 Å². The van der Waals surface area contributed by atoms with Crippen molar-refractivity contribution >= 4 is 33.8 Å². The Labute approximate surface area is 187 Å². The average Bonchev–Trinajstić information content (AvgIpc) is 3.57. The zero-order chi connectivity index (χ0) is 21.2. The van der Waals surface area contributed by atoms with Gasteiger partial charge < -0.3 is 13.7 Å². The number of carbonyl (C=O) groups excluding carboxylic acids is 1. The maximum atomic E-state index is 12.9. The molecule has 8 heteroatoms. The lowest BCUT2D eigenvalue weighted by Crippen LogP contribution is -2.32. The molecule has 5 rings (SSSR count). The largest absolute Gasteiger partial charge is 0.467 e. The summed E-state index contributed by atoms with van der Waals surface area (Å²) in [6.45, 7) is 0.889. The number of hydrogen-bond acceptors (Lipinski definition) is 5. The number of amides is 1. The van der Waals surface area contributed by atoms with Crippen molar-refractivity contribution in [3.05, 3.63) is 94.9 Å². The maximum Gasteiger partial charge on any atom is 0.289 e. The first kappa shape index (κ1) is 19.7. The fourth-order valence-corrected chi connectivity index (χ4v) is 4.45. The molecule has 1 amide bonds. The highest BCUT2D eigenvalue weighted by Crippen LogP contribution is 2.25. The van der Waals surface area contributed by atoms with Gasteiger partial charge in [-0.2, -0.15) is 0 Å². The highest BCUT2D eigenvalue weighted by atomic mass is 35.5. The van der Waals surface area contributed by atoms with Crippen LogP contribution in [0.3, 0.4) is 0 Å². The lowest BCUT2D eigenvalue weighted by Gasteiger charge is -2.20. The van der Waals surface area contributed by atoms with Crippen molar-refractivity contribution < 1.29 is 13.6 Å². The van der Waals surface area contributed by atoms with E-state index >= 15 is 0 Å². The fourth-order valence-electron chi connectivity index (χ4n) is 3.42. The summed E-state index contributed by atoms with van der Waals surface area (Å²) in [5.41, 5.74) is 2.99. The van der Waals surface area contributed by atoms with Crippen molar-refractivity contribution in [2.24, 2.45) is 0 Å². The summed E-state index contributed by atoms with van der Waals surface area (Å²) in [5, 5.41) is 2.78. The Morgan fingerprint density at radius 1 is 1.10 bits per heavy atom. The second-order valence-corrected chi connectivity index (χ2v) is 8.32. The summed E-state index contributed by atoms with van der Waals surface area (Å²) >= 11 is 7.58. The molecule has 0 aliphatic heterocycles. The Kier molecular flexibility index (Phi) is 5.36. The number of furan rings is 2. The minimum atomic E-state index is -0.166. The summed E-state index contributed by atoms with van der Waals surface area (Å²) in [6, 6.07) is 14.7. The molecule has 0 fully saturated rings. The Morgan fingerprint density at radius 2 is 1.90 bits per heavy atom. The van der Waals surface area contributed by atoms with Crippen molar-refractivity contribution in [2.75, 3.05) is 6.54 Å². The number of rotatable bonds is 7. The summed E-state index contributed by atoms with van der Waals surface area (Å²) < 4.78 is 12.9. The minimum Gasteiger partial charge on any atom is -0.467 e. The number of aromatic nitrogens is 2. The first-order valence-corrected chi connectivity index (χ1v) is 11.0. The quantitative estimate of drug-likeness (QED) is 0.314. The van der Waals surface area contributed by atoms with Crippen LogP contribution in [0.4, 0.5) is 0 Å². The molecule has 0 unspecified atom stereocenters. The topological polar surface area (TPSA) is 63.9 Å². The van der Waals surface area contributed by atoms with E-state index in [1.807, 2.05) is 42.6 Å². The van der Waals surface area contributed by atoms with Crippen molar-refractivity contribution in [3.63, 3.8) is 0 Å². The molecule has 0 saturated heterocycles. The molecule has 0 saturated carbocycles. The van der Waals surface area contributed by atoms with E-state index in [1.54, 1.807) is 34.6 Å². The molecule has 0 N–H and O–H groups in total. The highest BCUT2D eigenvalue weighted by Gasteiger charge is 2.20. The van der Waals surface area contributed by atoms with Crippen LogP contribution in [0, 0.1) is 0 Å². The lowest BCUT2D eigenvalue weighted by molar-refractivity contribution is 0.0701. The van der Waals surface area contributed by atoms with Gasteiger partial charge >= 0.3 is 0 Å². The Hall–Kier alpha value is -3.29. The van der Waals surface area contributed by atoms with Crippen molar-refractivity contribution in [1.82, 2.24) is 14.3 Å². The Bertz CT molecular complexity index is 1290. The van der Waals surface area contributed by atoms with E-state index in [2.05, 4.69) is 9.78 Å². The number of imidazole rings is 1. The van der Waals surface area contributed by atoms with Gasteiger partial charge in [0, 0.05) is 40.8 Å². The first-order chi connectivity index (χ1) is 15.2. The lowest BCUT2D eigenvalue weighted by atomic mass is 10.2. The van der Waals surface area contributed by atoms with E-state index in [-0.39, 0.29) is 5.91 Å². The number of hydrogen-bond donors (Lipinski definition) is 0. The molecule has 0 spiro atoms. The number of nitrogens with zero attached hydrogens (tertiary/aromatic N) is 3. The number of fused-ring (bicyclic) bond motifs is 1. The van der Waals surface area contributed by atoms with Gasteiger partial charge in [-0.15, -0.1) is 11.3 Å². The second-order valence-electron chi connectivity index (χ2n) is 7.05. The monoisotopic (exact) mass is 451 g/mol. The van der Waals surface area contributed by atoms with Crippen LogP contribution in [-0.4, -0.2) is 26.7 Å². The van der Waals surface area contributed by atoms with Gasteiger partial charge in [-0.3, -0.25) is 9.20 Å². The number of carbonyl (C=O) groups is 1. The Balaban J connectivity index is 1.37. The second kappa shape index (κ2) is 8.45. The molecule has 4 heterocycles. The van der Waals surface area contributed by atoms with Crippen LogP contribution in [0.1, 0.15) is 22.0 Å². The molecule has 0 bridgehead atoms. The van der Waals surface area contributed by atoms with Gasteiger partial charge in [-0.05, 0) is 36.4 Å². The van der Waals surface area contributed by atoms with Crippen LogP contribution in [0.2, 0.25) is 5.02 Å². The van der Waals surface area contributed by atoms with E-state index in [9.17, 15) is 4.79 Å². The molecule has 4 aromatic heterocycles. The molecule has 5 aromatic rings. The number of halogens is 1. The third-order valence-electron chi connectivity index (χ3n) is 5.01. The van der Waals surface area contributed by atoms with Gasteiger partial charge in [-0.25, -0.2) is 4.98 Å². The van der Waals surface area contributed by atoms with E-state index in [4.69, 9.17) is 25.4 Å². The van der Waals surface area contributed by atoms with Gasteiger partial charge in [0.2, 0.25) is 0 Å². The zero-order valence-electron chi connectivity index (χ0n) is 16.4. The molecule has 0 aliphatic rings. The molecular formula is C23H18ClN3O3S. The third-order valence-corrected chi connectivity index (χ3v) is 6.15. The highest BCUT2D eigenvalue weighted by molar-refractivity contribution is 7.15.